The van der Waals surface area contributed by atoms with E-state index in [0.717, 1.165) is 5.69 Å². The molecule has 6 nitrogen and oxygen atoms in total. The van der Waals surface area contributed by atoms with Gasteiger partial charge in [-0.05, 0) is 24.3 Å². The number of nitrogens with zero attached hydrogens (tertiary/aromatic N) is 3. The zero-order valence-electron chi connectivity index (χ0n) is 10.6. The second-order valence-electron chi connectivity index (χ2n) is 3.88. The molecule has 2 heterocycles. The monoisotopic (exact) mass is 257 g/mol. The summed E-state index contributed by atoms with van der Waals surface area (Å²) in [5, 5.41) is 13.3. The Bertz CT molecular complexity index is 526. The fourth-order valence-corrected chi connectivity index (χ4v) is 1.53. The van der Waals surface area contributed by atoms with Gasteiger partial charge in [-0.15, -0.1) is 10.2 Å². The average molecular weight is 257 g/mol. The van der Waals surface area contributed by atoms with Gasteiger partial charge in [-0.3, -0.25) is 9.78 Å². The molecule has 1 amide bonds. The zero-order valence-corrected chi connectivity index (χ0v) is 10.6. The van der Waals surface area contributed by atoms with Gasteiger partial charge in [-0.2, -0.15) is 0 Å². The lowest BCUT2D eigenvalue weighted by Crippen LogP contribution is -2.27. The first-order valence-corrected chi connectivity index (χ1v) is 5.99. The Morgan fingerprint density at radius 2 is 2.11 bits per heavy atom. The van der Waals surface area contributed by atoms with Crippen molar-refractivity contribution in [3.8, 4) is 0 Å². The van der Waals surface area contributed by atoms with Crippen LogP contribution in [0.5, 0.6) is 0 Å². The highest BCUT2D eigenvalue weighted by Crippen LogP contribution is 2.00. The van der Waals surface area contributed by atoms with Crippen molar-refractivity contribution in [3.63, 3.8) is 0 Å². The summed E-state index contributed by atoms with van der Waals surface area (Å²) in [5.41, 5.74) is 1.25. The number of carbonyl (C=O) groups excluding carboxylic acids is 1. The number of aromatic nitrogens is 3. The normalized spacial score (nSPS) is 9.95. The molecule has 0 aliphatic heterocycles. The van der Waals surface area contributed by atoms with E-state index in [0.29, 0.717) is 24.5 Å². The van der Waals surface area contributed by atoms with Crippen molar-refractivity contribution in [2.24, 2.45) is 0 Å². The summed E-state index contributed by atoms with van der Waals surface area (Å²) in [6.45, 7) is 0.519. The van der Waals surface area contributed by atoms with Crippen molar-refractivity contribution in [2.75, 3.05) is 18.9 Å². The maximum absolute atomic E-state index is 11.8. The quantitative estimate of drug-likeness (QED) is 0.831. The molecule has 0 spiro atoms. The molecular formula is C13H15N5O. The van der Waals surface area contributed by atoms with Crippen LogP contribution >= 0.6 is 0 Å². The highest BCUT2D eigenvalue weighted by atomic mass is 16.1. The molecule has 0 aromatic carbocycles. The highest BCUT2D eigenvalue weighted by molar-refractivity contribution is 5.92. The predicted molar refractivity (Wildman–Crippen MR) is 71.9 cm³/mol. The van der Waals surface area contributed by atoms with Gasteiger partial charge in [0, 0.05) is 31.9 Å². The van der Waals surface area contributed by atoms with Crippen LogP contribution in [0.25, 0.3) is 0 Å². The van der Waals surface area contributed by atoms with Crippen LogP contribution in [-0.4, -0.2) is 34.7 Å². The van der Waals surface area contributed by atoms with Crippen molar-refractivity contribution in [1.29, 1.82) is 0 Å². The third-order valence-corrected chi connectivity index (χ3v) is 2.55. The van der Waals surface area contributed by atoms with E-state index in [1.807, 2.05) is 18.2 Å². The summed E-state index contributed by atoms with van der Waals surface area (Å²) in [7, 11) is 1.75. The van der Waals surface area contributed by atoms with Gasteiger partial charge in [0.2, 0.25) is 0 Å². The SMILES string of the molecule is CNc1ccc(C(=O)NCCc2ccccn2)nn1. The van der Waals surface area contributed by atoms with E-state index >= 15 is 0 Å². The second kappa shape index (κ2) is 6.44. The standard InChI is InChI=1S/C13H15N5O/c1-14-12-6-5-11(17-18-12)13(19)16-9-7-10-4-2-3-8-15-10/h2-6,8H,7,9H2,1H3,(H,14,18)(H,16,19). The molecule has 0 aliphatic carbocycles. The van der Waals surface area contributed by atoms with Gasteiger partial charge in [0.15, 0.2) is 5.69 Å². The molecule has 0 saturated carbocycles. The minimum atomic E-state index is -0.230. The number of amides is 1. The van der Waals surface area contributed by atoms with Crippen molar-refractivity contribution in [2.45, 2.75) is 6.42 Å². The minimum absolute atomic E-state index is 0.230. The molecule has 0 aliphatic rings. The fourth-order valence-electron chi connectivity index (χ4n) is 1.53. The second-order valence-corrected chi connectivity index (χ2v) is 3.88. The Morgan fingerprint density at radius 3 is 2.74 bits per heavy atom. The molecule has 98 valence electrons. The molecule has 0 atom stereocenters. The highest BCUT2D eigenvalue weighted by Gasteiger charge is 2.07. The van der Waals surface area contributed by atoms with Crippen molar-refractivity contribution in [3.05, 3.63) is 47.9 Å². The van der Waals surface area contributed by atoms with Gasteiger partial charge < -0.3 is 10.6 Å². The third-order valence-electron chi connectivity index (χ3n) is 2.55. The topological polar surface area (TPSA) is 79.8 Å². The molecule has 2 aromatic rings. The van der Waals surface area contributed by atoms with Gasteiger partial charge in [0.1, 0.15) is 5.82 Å². The first kappa shape index (κ1) is 12.9. The fraction of sp³-hybridized carbons (Fsp3) is 0.231. The zero-order chi connectivity index (χ0) is 13.5. The number of pyridine rings is 1. The number of hydrogen-bond donors (Lipinski definition) is 2. The smallest absolute Gasteiger partial charge is 0.271 e. The van der Waals surface area contributed by atoms with Crippen molar-refractivity contribution in [1.82, 2.24) is 20.5 Å². The van der Waals surface area contributed by atoms with E-state index in [4.69, 9.17) is 0 Å². The summed E-state index contributed by atoms with van der Waals surface area (Å²) < 4.78 is 0. The molecule has 19 heavy (non-hydrogen) atoms. The molecule has 2 rings (SSSR count). The van der Waals surface area contributed by atoms with E-state index < -0.39 is 0 Å². The molecule has 2 N–H and O–H groups in total. The number of carbonyl (C=O) groups is 1. The maximum atomic E-state index is 11.8. The third kappa shape index (κ3) is 3.74. The number of hydrogen-bond acceptors (Lipinski definition) is 5. The Balaban J connectivity index is 1.84. The van der Waals surface area contributed by atoms with Gasteiger partial charge in [-0.1, -0.05) is 6.07 Å². The van der Waals surface area contributed by atoms with Crippen LogP contribution in [0.2, 0.25) is 0 Å². The molecule has 2 aromatic heterocycles. The molecule has 0 unspecified atom stereocenters. The van der Waals surface area contributed by atoms with Gasteiger partial charge in [-0.25, -0.2) is 0 Å². The van der Waals surface area contributed by atoms with E-state index in [1.54, 1.807) is 25.4 Å². The largest absolute Gasteiger partial charge is 0.372 e. The first-order chi connectivity index (χ1) is 9.29. The Morgan fingerprint density at radius 1 is 1.21 bits per heavy atom. The molecule has 6 heteroatoms. The lowest BCUT2D eigenvalue weighted by Gasteiger charge is -2.04. The lowest BCUT2D eigenvalue weighted by atomic mass is 10.2. The maximum Gasteiger partial charge on any atom is 0.271 e. The molecule has 0 fully saturated rings. The predicted octanol–water partition coefficient (Wildman–Crippen LogP) is 0.886. The van der Waals surface area contributed by atoms with Gasteiger partial charge in [0.05, 0.1) is 0 Å². The van der Waals surface area contributed by atoms with Crippen molar-refractivity contribution >= 4 is 11.7 Å². The van der Waals surface area contributed by atoms with Crippen LogP contribution in [0.4, 0.5) is 5.82 Å². The summed E-state index contributed by atoms with van der Waals surface area (Å²) in [6.07, 6.45) is 2.42. The summed E-state index contributed by atoms with van der Waals surface area (Å²) >= 11 is 0. The number of nitrogens with one attached hydrogen (secondary N) is 2. The average Bonchev–Trinajstić information content (AvgIpc) is 2.48. The van der Waals surface area contributed by atoms with E-state index in [-0.39, 0.29) is 5.91 Å². The molecule has 0 radical (unpaired) electrons. The Hall–Kier alpha value is -2.50. The summed E-state index contributed by atoms with van der Waals surface area (Å²) in [4.78, 5) is 16.0. The molecule has 0 saturated heterocycles. The van der Waals surface area contributed by atoms with E-state index in [9.17, 15) is 4.79 Å². The van der Waals surface area contributed by atoms with Crippen LogP contribution in [0.1, 0.15) is 16.2 Å². The van der Waals surface area contributed by atoms with Crippen molar-refractivity contribution < 1.29 is 4.79 Å². The van der Waals surface area contributed by atoms with Crippen LogP contribution in [-0.2, 0) is 6.42 Å². The van der Waals surface area contributed by atoms with E-state index in [2.05, 4.69) is 25.8 Å². The number of rotatable bonds is 5. The van der Waals surface area contributed by atoms with E-state index in [1.165, 1.54) is 0 Å². The molecule has 0 bridgehead atoms. The Labute approximate surface area is 111 Å². The lowest BCUT2D eigenvalue weighted by molar-refractivity contribution is 0.0948. The summed E-state index contributed by atoms with van der Waals surface area (Å²) in [6, 6.07) is 9.05. The van der Waals surface area contributed by atoms with Gasteiger partial charge >= 0.3 is 0 Å². The van der Waals surface area contributed by atoms with Crippen LogP contribution < -0.4 is 10.6 Å². The van der Waals surface area contributed by atoms with Gasteiger partial charge in [0.25, 0.3) is 5.91 Å². The molecular weight excluding hydrogens is 242 g/mol. The Kier molecular flexibility index (Phi) is 4.39. The summed E-state index contributed by atoms with van der Waals surface area (Å²) in [5.74, 6) is 0.399. The first-order valence-electron chi connectivity index (χ1n) is 5.99. The van der Waals surface area contributed by atoms with Crippen LogP contribution in [0.15, 0.2) is 36.5 Å². The minimum Gasteiger partial charge on any atom is -0.372 e. The van der Waals surface area contributed by atoms with Crippen LogP contribution in [0.3, 0.4) is 0 Å². The number of anilines is 1. The van der Waals surface area contributed by atoms with Crippen LogP contribution in [0, 0.1) is 0 Å².